The van der Waals surface area contributed by atoms with Gasteiger partial charge in [-0.05, 0) is 32.6 Å². The average molecular weight is 658 g/mol. The van der Waals surface area contributed by atoms with Crippen molar-refractivity contribution in [2.45, 2.75) is 106 Å². The summed E-state index contributed by atoms with van der Waals surface area (Å²) in [6.07, 6.45) is 7.80. The van der Waals surface area contributed by atoms with E-state index in [1.807, 2.05) is 0 Å². The van der Waals surface area contributed by atoms with Crippen LogP contribution < -0.4 is 17.1 Å². The van der Waals surface area contributed by atoms with Crippen molar-refractivity contribution >= 4 is 51.4 Å². The first-order chi connectivity index (χ1) is 19.9. The molecule has 3 aromatic rings. The number of aromatic nitrogens is 4. The number of aromatic amines is 1. The number of hydrogen-bond acceptors (Lipinski definition) is 10. The smallest absolute Gasteiger partial charge is 0.396 e. The number of nitrogens with one attached hydrogen (secondary N) is 1. The van der Waals surface area contributed by atoms with E-state index in [4.69, 9.17) is 37.0 Å². The van der Waals surface area contributed by atoms with E-state index in [0.717, 1.165) is 59.2 Å². The quantitative estimate of drug-likeness (QED) is 0.314. The van der Waals surface area contributed by atoms with E-state index < -0.39 is 22.5 Å². The van der Waals surface area contributed by atoms with Crippen LogP contribution >= 0.6 is 46.3 Å². The summed E-state index contributed by atoms with van der Waals surface area (Å²) in [4.78, 5) is 56.8. The van der Waals surface area contributed by atoms with Crippen LogP contribution in [0.2, 0.25) is 0 Å². The van der Waals surface area contributed by atoms with Crippen molar-refractivity contribution < 1.29 is 13.6 Å². The van der Waals surface area contributed by atoms with Crippen molar-refractivity contribution in [3.63, 3.8) is 0 Å². The van der Waals surface area contributed by atoms with Crippen molar-refractivity contribution in [1.29, 1.82) is 0 Å². The van der Waals surface area contributed by atoms with Crippen LogP contribution in [0.1, 0.15) is 97.9 Å². The van der Waals surface area contributed by atoms with Gasteiger partial charge >= 0.3 is 11.5 Å². The Bertz CT molecular complexity index is 1590. The number of H-pyrrole nitrogens is 1. The Morgan fingerprint density at radius 2 is 1.83 bits per heavy atom. The number of carbonyl (C=O) groups is 1. The van der Waals surface area contributed by atoms with Crippen LogP contribution in [0.3, 0.4) is 0 Å². The van der Waals surface area contributed by atoms with Crippen LogP contribution in [0, 0.1) is 12.8 Å². The molecule has 0 aliphatic heterocycles. The minimum Gasteiger partial charge on any atom is -0.396 e. The molecule has 228 valence electrons. The third kappa shape index (κ3) is 6.66. The molecular formula is C28H34Cl2N4O6S2. The highest BCUT2D eigenvalue weighted by Gasteiger charge is 2.48. The maximum Gasteiger partial charge on any atom is 0.519 e. The molecule has 10 nitrogen and oxygen atoms in total. The second-order valence-electron chi connectivity index (χ2n) is 11.7. The van der Waals surface area contributed by atoms with E-state index in [2.05, 4.69) is 23.9 Å². The first-order valence-corrected chi connectivity index (χ1v) is 16.8. The standard InChI is InChI=1S/C28H34Cl2N4O6S2/c1-14-19(40-27(38)39-14)13-41-22(36)11-20-24(15-7-5-4-6-8-15)33-25(42-20)28(2,3)23-17(29)9-16(10-18(23)30)34-26(37)32-21(35)12-31-34/h12,15-18,23H,4-11,13H2,1-3H3,(H,32,35,37). The molecule has 5 rings (SSSR count). The Hall–Kier alpha value is -2.15. The fourth-order valence-corrected chi connectivity index (χ4v) is 9.96. The number of rotatable bonds is 8. The lowest BCUT2D eigenvalue weighted by molar-refractivity contribution is -0.110. The molecule has 0 amide bonds. The van der Waals surface area contributed by atoms with E-state index in [1.54, 1.807) is 18.3 Å². The molecule has 0 radical (unpaired) electrons. The van der Waals surface area contributed by atoms with Gasteiger partial charge in [-0.15, -0.1) is 34.5 Å². The third-order valence-electron chi connectivity index (χ3n) is 8.47. The molecule has 0 bridgehead atoms. The van der Waals surface area contributed by atoms with Crippen LogP contribution in [0.25, 0.3) is 0 Å². The van der Waals surface area contributed by atoms with Gasteiger partial charge in [-0.3, -0.25) is 14.6 Å². The third-order valence-corrected chi connectivity index (χ3v) is 11.6. The molecule has 0 spiro atoms. The van der Waals surface area contributed by atoms with Crippen LogP contribution in [0.5, 0.6) is 0 Å². The van der Waals surface area contributed by atoms with Gasteiger partial charge in [0.15, 0.2) is 10.9 Å². The summed E-state index contributed by atoms with van der Waals surface area (Å²) in [5.74, 6) is 0.348. The number of alkyl halides is 2. The van der Waals surface area contributed by atoms with Crippen LogP contribution in [0.4, 0.5) is 0 Å². The molecule has 42 heavy (non-hydrogen) atoms. The summed E-state index contributed by atoms with van der Waals surface area (Å²) in [5.41, 5.74) is -0.637. The summed E-state index contributed by atoms with van der Waals surface area (Å²) < 4.78 is 11.2. The van der Waals surface area contributed by atoms with Crippen LogP contribution in [-0.2, 0) is 22.4 Å². The second-order valence-corrected chi connectivity index (χ2v) is 15.0. The first kappa shape index (κ1) is 31.3. The summed E-state index contributed by atoms with van der Waals surface area (Å²) in [5, 5.41) is 4.13. The maximum absolute atomic E-state index is 13.1. The molecule has 0 aromatic carbocycles. The molecule has 2 aliphatic rings. The van der Waals surface area contributed by atoms with E-state index >= 15 is 0 Å². The van der Waals surface area contributed by atoms with Gasteiger partial charge in [-0.2, -0.15) is 5.10 Å². The summed E-state index contributed by atoms with van der Waals surface area (Å²) in [6.45, 7) is 5.84. The number of nitrogens with zero attached hydrogens (tertiary/aromatic N) is 3. The number of thiazole rings is 1. The van der Waals surface area contributed by atoms with Crippen molar-refractivity contribution in [3.8, 4) is 0 Å². The van der Waals surface area contributed by atoms with E-state index in [1.165, 1.54) is 11.1 Å². The minimum absolute atomic E-state index is 0.0342. The van der Waals surface area contributed by atoms with Crippen molar-refractivity contribution in [2.24, 2.45) is 5.92 Å². The normalized spacial score (nSPS) is 23.7. The van der Waals surface area contributed by atoms with Gasteiger partial charge in [0.2, 0.25) is 0 Å². The predicted molar refractivity (Wildman–Crippen MR) is 163 cm³/mol. The molecular weight excluding hydrogens is 623 g/mol. The number of carbonyl (C=O) groups excluding carboxylic acids is 1. The Morgan fingerprint density at radius 1 is 1.14 bits per heavy atom. The molecule has 1 N–H and O–H groups in total. The second kappa shape index (κ2) is 12.8. The summed E-state index contributed by atoms with van der Waals surface area (Å²) >= 11 is 16.7. The number of aryl methyl sites for hydroxylation is 1. The lowest BCUT2D eigenvalue weighted by Crippen LogP contribution is -2.48. The Balaban J connectivity index is 1.37. The van der Waals surface area contributed by atoms with Gasteiger partial charge < -0.3 is 8.83 Å². The van der Waals surface area contributed by atoms with E-state index in [0.29, 0.717) is 30.3 Å². The molecule has 14 heteroatoms. The highest BCUT2D eigenvalue weighted by atomic mass is 35.5. The topological polar surface area (TPSA) is 141 Å². The molecule has 2 saturated carbocycles. The molecule has 2 atom stereocenters. The first-order valence-electron chi connectivity index (χ1n) is 14.2. The Kier molecular flexibility index (Phi) is 9.56. The Labute approximate surface area is 260 Å². The van der Waals surface area contributed by atoms with Gasteiger partial charge in [0.25, 0.3) is 5.56 Å². The lowest BCUT2D eigenvalue weighted by Gasteiger charge is -2.44. The predicted octanol–water partition coefficient (Wildman–Crippen LogP) is 5.44. The zero-order chi connectivity index (χ0) is 30.2. The molecule has 2 unspecified atom stereocenters. The summed E-state index contributed by atoms with van der Waals surface area (Å²) in [6, 6.07) is -0.339. The molecule has 0 saturated heterocycles. The Morgan fingerprint density at radius 3 is 2.45 bits per heavy atom. The zero-order valence-corrected chi connectivity index (χ0v) is 26.8. The number of halogens is 2. The molecule has 2 fully saturated rings. The molecule has 2 aliphatic carbocycles. The number of hydrogen-bond donors (Lipinski definition) is 1. The highest BCUT2D eigenvalue weighted by molar-refractivity contribution is 8.12. The largest absolute Gasteiger partial charge is 0.519 e. The summed E-state index contributed by atoms with van der Waals surface area (Å²) in [7, 11) is 0. The van der Waals surface area contributed by atoms with Crippen LogP contribution in [-0.4, -0.2) is 35.6 Å². The molecule has 3 aromatic heterocycles. The van der Waals surface area contributed by atoms with Crippen molar-refractivity contribution in [3.05, 3.63) is 64.8 Å². The van der Waals surface area contributed by atoms with E-state index in [9.17, 15) is 19.2 Å². The SMILES string of the molecule is Cc1oc(=O)oc1CSC(=O)Cc1sc(C(C)(C)C2C(Cl)CC(n3ncc(=O)[nH]c3=O)CC2Cl)nc1C1CCCCC1. The monoisotopic (exact) mass is 656 g/mol. The van der Waals surface area contributed by atoms with Gasteiger partial charge in [-0.25, -0.2) is 19.3 Å². The fourth-order valence-electron chi connectivity index (χ4n) is 6.30. The van der Waals surface area contributed by atoms with E-state index in [-0.39, 0.29) is 40.0 Å². The van der Waals surface area contributed by atoms with Gasteiger partial charge in [-0.1, -0.05) is 44.9 Å². The zero-order valence-electron chi connectivity index (χ0n) is 23.7. The molecule has 3 heterocycles. The maximum atomic E-state index is 13.1. The van der Waals surface area contributed by atoms with Crippen molar-refractivity contribution in [2.75, 3.05) is 0 Å². The highest BCUT2D eigenvalue weighted by Crippen LogP contribution is 2.49. The number of thioether (sulfide) groups is 1. The minimum atomic E-state index is -0.768. The lowest BCUT2D eigenvalue weighted by atomic mass is 9.69. The van der Waals surface area contributed by atoms with Gasteiger partial charge in [0.05, 0.1) is 28.9 Å². The van der Waals surface area contributed by atoms with Gasteiger partial charge in [0, 0.05) is 32.9 Å². The average Bonchev–Trinajstić information content (AvgIpc) is 3.49. The fraction of sp³-hybridized carbons (Fsp3) is 0.643. The van der Waals surface area contributed by atoms with Crippen molar-refractivity contribution in [1.82, 2.24) is 19.7 Å². The van der Waals surface area contributed by atoms with Crippen LogP contribution in [0.15, 0.2) is 29.4 Å². The van der Waals surface area contributed by atoms with Gasteiger partial charge in [0.1, 0.15) is 12.0 Å².